The smallest absolute Gasteiger partial charge is 0.343 e. The molecule has 200 valence electrons. The maximum atomic E-state index is 13.6. The molecule has 1 atom stereocenters. The van der Waals surface area contributed by atoms with Crippen molar-refractivity contribution >= 4 is 23.4 Å². The lowest BCUT2D eigenvalue weighted by atomic mass is 9.68. The van der Waals surface area contributed by atoms with Gasteiger partial charge in [0.15, 0.2) is 23.9 Å². The molecule has 4 rings (SSSR count). The predicted octanol–water partition coefficient (Wildman–Crippen LogP) is 4.55. The van der Waals surface area contributed by atoms with Crippen molar-refractivity contribution in [2.45, 2.75) is 39.5 Å². The third kappa shape index (κ3) is 5.44. The fourth-order valence-electron chi connectivity index (χ4n) is 5.06. The molecule has 0 fully saturated rings. The van der Waals surface area contributed by atoms with E-state index in [1.807, 2.05) is 30.3 Å². The molecular weight excluding hydrogens is 486 g/mol. The number of rotatable bonds is 8. The SMILES string of the molecule is CCOC(=O)C1=C(c2ccccc2)NC2=C(C(=O)CC(C)(C)C2)C1c1ccc(OCC(=O)OC)c(OC)c1. The Morgan fingerprint density at radius 3 is 2.42 bits per heavy atom. The van der Waals surface area contributed by atoms with Crippen LogP contribution in [0.25, 0.3) is 5.70 Å². The third-order valence-corrected chi connectivity index (χ3v) is 6.69. The first-order chi connectivity index (χ1) is 18.2. The minimum atomic E-state index is -0.687. The van der Waals surface area contributed by atoms with E-state index in [0.717, 1.165) is 11.3 Å². The normalized spacial score (nSPS) is 18.3. The van der Waals surface area contributed by atoms with Crippen molar-refractivity contribution < 1.29 is 33.3 Å². The number of allylic oxidation sites excluding steroid dienone is 2. The largest absolute Gasteiger partial charge is 0.493 e. The van der Waals surface area contributed by atoms with E-state index in [1.54, 1.807) is 25.1 Å². The molecule has 8 heteroatoms. The van der Waals surface area contributed by atoms with Crippen LogP contribution < -0.4 is 14.8 Å². The molecule has 0 spiro atoms. The molecule has 0 saturated carbocycles. The Morgan fingerprint density at radius 2 is 1.76 bits per heavy atom. The minimum absolute atomic E-state index is 0.0207. The fraction of sp³-hybridized carbons (Fsp3) is 0.367. The lowest BCUT2D eigenvalue weighted by Crippen LogP contribution is -2.38. The predicted molar refractivity (Wildman–Crippen MR) is 141 cm³/mol. The number of carbonyl (C=O) groups excluding carboxylic acids is 3. The van der Waals surface area contributed by atoms with Crippen LogP contribution >= 0.6 is 0 Å². The van der Waals surface area contributed by atoms with Gasteiger partial charge in [-0.3, -0.25) is 4.79 Å². The Bertz CT molecular complexity index is 1310. The van der Waals surface area contributed by atoms with E-state index in [2.05, 4.69) is 23.9 Å². The number of hydrogen-bond acceptors (Lipinski definition) is 8. The second-order valence-corrected chi connectivity index (χ2v) is 10.0. The van der Waals surface area contributed by atoms with Crippen LogP contribution in [0.15, 0.2) is 65.4 Å². The molecule has 2 aromatic rings. The van der Waals surface area contributed by atoms with Gasteiger partial charge in [0, 0.05) is 23.6 Å². The number of benzene rings is 2. The zero-order valence-electron chi connectivity index (χ0n) is 22.4. The Hall–Kier alpha value is -4.07. The topological polar surface area (TPSA) is 100 Å². The molecule has 8 nitrogen and oxygen atoms in total. The van der Waals surface area contributed by atoms with Gasteiger partial charge in [-0.2, -0.15) is 0 Å². The second kappa shape index (κ2) is 11.1. The Labute approximate surface area is 222 Å². The fourth-order valence-corrected chi connectivity index (χ4v) is 5.06. The summed E-state index contributed by atoms with van der Waals surface area (Å²) in [7, 11) is 2.77. The first-order valence-electron chi connectivity index (χ1n) is 12.6. The quantitative estimate of drug-likeness (QED) is 0.507. The van der Waals surface area contributed by atoms with Gasteiger partial charge in [0.25, 0.3) is 0 Å². The van der Waals surface area contributed by atoms with E-state index in [0.29, 0.717) is 46.7 Å². The van der Waals surface area contributed by atoms with Crippen LogP contribution in [0, 0.1) is 5.41 Å². The maximum Gasteiger partial charge on any atom is 0.343 e. The third-order valence-electron chi connectivity index (χ3n) is 6.69. The summed E-state index contributed by atoms with van der Waals surface area (Å²) in [5.74, 6) is -1.04. The molecule has 2 aromatic carbocycles. The second-order valence-electron chi connectivity index (χ2n) is 10.0. The van der Waals surface area contributed by atoms with Crippen molar-refractivity contribution in [2.75, 3.05) is 27.4 Å². The number of hydrogen-bond donors (Lipinski definition) is 1. The zero-order valence-corrected chi connectivity index (χ0v) is 22.4. The van der Waals surface area contributed by atoms with E-state index in [4.69, 9.17) is 14.2 Å². The molecular formula is C30H33NO7. The highest BCUT2D eigenvalue weighted by molar-refractivity contribution is 6.08. The first-order valence-corrected chi connectivity index (χ1v) is 12.6. The maximum absolute atomic E-state index is 13.6. The van der Waals surface area contributed by atoms with Crippen LogP contribution in [-0.4, -0.2) is 45.2 Å². The van der Waals surface area contributed by atoms with E-state index in [9.17, 15) is 14.4 Å². The van der Waals surface area contributed by atoms with Crippen molar-refractivity contribution in [1.82, 2.24) is 5.32 Å². The Balaban J connectivity index is 1.92. The molecule has 1 aliphatic heterocycles. The number of ketones is 1. The van der Waals surface area contributed by atoms with Crippen molar-refractivity contribution in [2.24, 2.45) is 5.41 Å². The zero-order chi connectivity index (χ0) is 27.4. The van der Waals surface area contributed by atoms with E-state index >= 15 is 0 Å². The van der Waals surface area contributed by atoms with E-state index in [1.165, 1.54) is 14.2 Å². The summed E-state index contributed by atoms with van der Waals surface area (Å²) in [6.45, 7) is 5.78. The van der Waals surface area contributed by atoms with Crippen LogP contribution in [0.3, 0.4) is 0 Å². The summed E-state index contributed by atoms with van der Waals surface area (Å²) in [5.41, 5.74) is 3.57. The molecule has 0 radical (unpaired) electrons. The van der Waals surface area contributed by atoms with Gasteiger partial charge in [-0.05, 0) is 42.0 Å². The number of esters is 2. The number of carbonyl (C=O) groups is 3. The lowest BCUT2D eigenvalue weighted by Gasteiger charge is -2.40. The highest BCUT2D eigenvalue weighted by Crippen LogP contribution is 2.49. The standard InChI is InChI=1S/C30H33NO7/c1-6-37-29(34)27-25(19-12-13-22(23(14-19)35-4)38-17-24(33)36-5)26-20(15-30(2,3)16-21(26)32)31-28(27)18-10-8-7-9-11-18/h7-14,25,31H,6,15-17H2,1-5H3. The van der Waals surface area contributed by atoms with Gasteiger partial charge < -0.3 is 24.3 Å². The summed E-state index contributed by atoms with van der Waals surface area (Å²) in [5, 5.41) is 3.46. The molecule has 38 heavy (non-hydrogen) atoms. The summed E-state index contributed by atoms with van der Waals surface area (Å²) < 4.78 is 21.3. The van der Waals surface area contributed by atoms with Gasteiger partial charge in [-0.25, -0.2) is 9.59 Å². The van der Waals surface area contributed by atoms with Gasteiger partial charge >= 0.3 is 11.9 Å². The van der Waals surface area contributed by atoms with E-state index in [-0.39, 0.29) is 24.4 Å². The van der Waals surface area contributed by atoms with Crippen LogP contribution in [0.1, 0.15) is 50.7 Å². The summed E-state index contributed by atoms with van der Waals surface area (Å²) in [4.78, 5) is 38.8. The molecule has 0 aromatic heterocycles. The Morgan fingerprint density at radius 1 is 1.03 bits per heavy atom. The van der Waals surface area contributed by atoms with Crippen molar-refractivity contribution in [1.29, 1.82) is 0 Å². The van der Waals surface area contributed by atoms with Gasteiger partial charge in [-0.1, -0.05) is 50.2 Å². The average Bonchev–Trinajstić information content (AvgIpc) is 2.90. The van der Waals surface area contributed by atoms with Gasteiger partial charge in [-0.15, -0.1) is 0 Å². The summed E-state index contributed by atoms with van der Waals surface area (Å²) >= 11 is 0. The van der Waals surface area contributed by atoms with Crippen LogP contribution in [0.4, 0.5) is 0 Å². The first kappa shape index (κ1) is 27.0. The van der Waals surface area contributed by atoms with Crippen LogP contribution in [0.2, 0.25) is 0 Å². The number of dihydropyridines is 1. The Kier molecular flexibility index (Phi) is 7.90. The van der Waals surface area contributed by atoms with Crippen LogP contribution in [-0.2, 0) is 23.9 Å². The number of Topliss-reactive ketones (excluding diaryl/α,β-unsaturated/α-hetero) is 1. The number of methoxy groups -OCH3 is 2. The molecule has 0 amide bonds. The lowest BCUT2D eigenvalue weighted by molar-refractivity contribution is -0.143. The highest BCUT2D eigenvalue weighted by atomic mass is 16.6. The summed E-state index contributed by atoms with van der Waals surface area (Å²) in [6, 6.07) is 14.7. The average molecular weight is 520 g/mol. The van der Waals surface area contributed by atoms with Crippen molar-refractivity contribution in [3.05, 3.63) is 76.5 Å². The molecule has 0 bridgehead atoms. The summed E-state index contributed by atoms with van der Waals surface area (Å²) in [6.07, 6.45) is 1.01. The monoisotopic (exact) mass is 519 g/mol. The van der Waals surface area contributed by atoms with Gasteiger partial charge in [0.05, 0.1) is 32.1 Å². The molecule has 1 unspecified atom stereocenters. The van der Waals surface area contributed by atoms with Crippen molar-refractivity contribution in [3.8, 4) is 11.5 Å². The van der Waals surface area contributed by atoms with E-state index < -0.39 is 17.9 Å². The minimum Gasteiger partial charge on any atom is -0.493 e. The molecule has 1 N–H and O–H groups in total. The number of nitrogens with one attached hydrogen (secondary N) is 1. The number of ether oxygens (including phenoxy) is 4. The van der Waals surface area contributed by atoms with Gasteiger partial charge in [0.2, 0.25) is 0 Å². The molecule has 0 saturated heterocycles. The molecule has 2 aliphatic rings. The molecule has 1 aliphatic carbocycles. The van der Waals surface area contributed by atoms with Crippen LogP contribution in [0.5, 0.6) is 11.5 Å². The van der Waals surface area contributed by atoms with Gasteiger partial charge in [0.1, 0.15) is 0 Å². The highest BCUT2D eigenvalue weighted by Gasteiger charge is 2.44. The molecule has 1 heterocycles. The van der Waals surface area contributed by atoms with Crippen molar-refractivity contribution in [3.63, 3.8) is 0 Å².